The quantitative estimate of drug-likeness (QED) is 0.135. The predicted molar refractivity (Wildman–Crippen MR) is 155 cm³/mol. The summed E-state index contributed by atoms with van der Waals surface area (Å²) >= 11 is 0. The molecule has 0 fully saturated rings. The maximum atomic E-state index is 12.6. The van der Waals surface area contributed by atoms with Crippen molar-refractivity contribution in [3.8, 4) is 0 Å². The average Bonchev–Trinajstić information content (AvgIpc) is 2.90. The lowest BCUT2D eigenvalue weighted by Crippen LogP contribution is -2.15. The number of rotatable bonds is 22. The van der Waals surface area contributed by atoms with Crippen LogP contribution in [0.5, 0.6) is 0 Å². The number of nitrogens with one attached hydrogen (secondary N) is 1. The number of carboxylic acid groups (broad SMARTS) is 1. The number of carbonyl (C=O) groups excluding carboxylic acids is 1. The summed E-state index contributed by atoms with van der Waals surface area (Å²) in [4.78, 5) is 25.7. The minimum Gasteiger partial charge on any atom is -0.481 e. The second-order valence-corrected chi connectivity index (χ2v) is 11.9. The molecule has 1 amide bonds. The summed E-state index contributed by atoms with van der Waals surface area (Å²) in [6.07, 6.45) is 20.6. The Morgan fingerprint density at radius 2 is 1.21 bits per heavy atom. The number of unbranched alkanes of at least 4 members (excludes halogenated alkanes) is 14. The highest BCUT2D eigenvalue weighted by molar-refractivity contribution is 7.92. The summed E-state index contributed by atoms with van der Waals surface area (Å²) in [6.45, 7) is 0. The van der Waals surface area contributed by atoms with E-state index in [4.69, 9.17) is 10.8 Å². The number of aromatic nitrogens is 1. The summed E-state index contributed by atoms with van der Waals surface area (Å²) in [5.41, 5.74) is 6.52. The number of amides is 1. The summed E-state index contributed by atoms with van der Waals surface area (Å²) in [6, 6.07) is 9.77. The second kappa shape index (κ2) is 18.4. The molecule has 39 heavy (non-hydrogen) atoms. The van der Waals surface area contributed by atoms with Crippen molar-refractivity contribution in [2.75, 3.05) is 4.72 Å². The first-order chi connectivity index (χ1) is 18.8. The molecule has 1 aromatic heterocycles. The molecule has 2 rings (SSSR count). The molecule has 0 saturated heterocycles. The molecule has 1 aromatic carbocycles. The number of sulfonamides is 1. The van der Waals surface area contributed by atoms with Gasteiger partial charge in [-0.3, -0.25) is 14.3 Å². The number of nitrogens with zero attached hydrogens (tertiary/aromatic N) is 1. The van der Waals surface area contributed by atoms with Crippen molar-refractivity contribution in [3.63, 3.8) is 0 Å². The van der Waals surface area contributed by atoms with E-state index < -0.39 is 21.9 Å². The number of benzene rings is 1. The van der Waals surface area contributed by atoms with E-state index in [1.807, 2.05) is 12.1 Å². The van der Waals surface area contributed by atoms with Gasteiger partial charge in [-0.15, -0.1) is 0 Å². The Morgan fingerprint density at radius 3 is 1.64 bits per heavy atom. The minimum atomic E-state index is -3.76. The van der Waals surface area contributed by atoms with Crippen LogP contribution >= 0.6 is 0 Å². The third kappa shape index (κ3) is 14.1. The highest BCUT2D eigenvalue weighted by Crippen LogP contribution is 2.18. The molecule has 0 aliphatic heterocycles. The number of hydrogen-bond donors (Lipinski definition) is 3. The van der Waals surface area contributed by atoms with Crippen LogP contribution in [0.15, 0.2) is 47.5 Å². The molecule has 0 unspecified atom stereocenters. The number of pyridine rings is 1. The van der Waals surface area contributed by atoms with Gasteiger partial charge in [0.15, 0.2) is 0 Å². The number of carbonyl (C=O) groups is 2. The Morgan fingerprint density at radius 1 is 0.718 bits per heavy atom. The van der Waals surface area contributed by atoms with Gasteiger partial charge in [-0.1, -0.05) is 95.6 Å². The maximum Gasteiger partial charge on any atom is 0.303 e. The van der Waals surface area contributed by atoms with Gasteiger partial charge in [-0.05, 0) is 49.1 Å². The van der Waals surface area contributed by atoms with Crippen molar-refractivity contribution in [2.24, 2.45) is 5.73 Å². The van der Waals surface area contributed by atoms with E-state index in [1.165, 1.54) is 89.0 Å². The Labute approximate surface area is 233 Å². The number of hydrogen-bond acceptors (Lipinski definition) is 5. The van der Waals surface area contributed by atoms with Gasteiger partial charge in [-0.2, -0.15) is 0 Å². The zero-order valence-corrected chi connectivity index (χ0v) is 23.9. The van der Waals surface area contributed by atoms with Gasteiger partial charge in [0, 0.05) is 12.6 Å². The number of aliphatic carboxylic acids is 1. The molecule has 0 aliphatic carbocycles. The van der Waals surface area contributed by atoms with Gasteiger partial charge in [-0.25, -0.2) is 13.4 Å². The van der Waals surface area contributed by atoms with Crippen LogP contribution in [0.3, 0.4) is 0 Å². The van der Waals surface area contributed by atoms with Gasteiger partial charge in [0.2, 0.25) is 5.91 Å². The van der Waals surface area contributed by atoms with E-state index in [0.29, 0.717) is 6.42 Å². The monoisotopic (exact) mass is 559 g/mol. The van der Waals surface area contributed by atoms with Crippen LogP contribution in [0.1, 0.15) is 119 Å². The average molecular weight is 560 g/mol. The number of anilines is 1. The van der Waals surface area contributed by atoms with Crippen LogP contribution < -0.4 is 10.5 Å². The molecule has 0 aliphatic rings. The van der Waals surface area contributed by atoms with E-state index in [0.717, 1.165) is 37.7 Å². The minimum absolute atomic E-state index is 0.127. The largest absolute Gasteiger partial charge is 0.481 e. The van der Waals surface area contributed by atoms with Gasteiger partial charge in [0.25, 0.3) is 10.0 Å². The standard InChI is InChI=1S/C30H45N3O5S/c31-30(36)26-20-23-28(32-24-26)33-39(37,38)27-21-18-25(19-22-27)16-14-12-10-8-6-4-2-1-3-5-7-9-11-13-15-17-29(34)35/h18-24H,1-17H2,(H2,31,36)(H,32,33)(H,34,35). The van der Waals surface area contributed by atoms with Crippen LogP contribution in [0, 0.1) is 0 Å². The van der Waals surface area contributed by atoms with Crippen molar-refractivity contribution in [1.82, 2.24) is 4.98 Å². The van der Waals surface area contributed by atoms with Crippen molar-refractivity contribution in [1.29, 1.82) is 0 Å². The van der Waals surface area contributed by atoms with E-state index in [1.54, 1.807) is 12.1 Å². The third-order valence-corrected chi connectivity index (χ3v) is 8.25. The topological polar surface area (TPSA) is 139 Å². The highest BCUT2D eigenvalue weighted by atomic mass is 32.2. The Bertz CT molecular complexity index is 1090. The maximum absolute atomic E-state index is 12.6. The van der Waals surface area contributed by atoms with Gasteiger partial charge in [0.05, 0.1) is 10.5 Å². The van der Waals surface area contributed by atoms with Crippen molar-refractivity contribution >= 4 is 27.7 Å². The molecule has 0 atom stereocenters. The number of aryl methyl sites for hydroxylation is 1. The molecular formula is C30H45N3O5S. The second-order valence-electron chi connectivity index (χ2n) is 10.2. The molecule has 8 nitrogen and oxygen atoms in total. The van der Waals surface area contributed by atoms with Crippen LogP contribution in [0.2, 0.25) is 0 Å². The molecule has 1 heterocycles. The molecule has 216 valence electrons. The molecule has 9 heteroatoms. The fourth-order valence-corrected chi connectivity index (χ4v) is 5.54. The first kappa shape index (κ1) is 32.3. The molecule has 2 aromatic rings. The lowest BCUT2D eigenvalue weighted by molar-refractivity contribution is -0.137. The molecule has 0 saturated carbocycles. The normalized spacial score (nSPS) is 11.4. The smallest absolute Gasteiger partial charge is 0.303 e. The summed E-state index contributed by atoms with van der Waals surface area (Å²) in [5, 5.41) is 8.62. The first-order valence-corrected chi connectivity index (χ1v) is 15.9. The van der Waals surface area contributed by atoms with Crippen LogP contribution in [-0.4, -0.2) is 30.4 Å². The Kier molecular flexibility index (Phi) is 15.2. The van der Waals surface area contributed by atoms with Crippen molar-refractivity contribution in [3.05, 3.63) is 53.7 Å². The lowest BCUT2D eigenvalue weighted by atomic mass is 10.0. The number of primary amides is 1. The fourth-order valence-electron chi connectivity index (χ4n) is 4.54. The third-order valence-electron chi connectivity index (χ3n) is 6.88. The Balaban J connectivity index is 1.48. The van der Waals surface area contributed by atoms with E-state index >= 15 is 0 Å². The van der Waals surface area contributed by atoms with Gasteiger partial charge >= 0.3 is 5.97 Å². The SMILES string of the molecule is NC(=O)c1ccc(NS(=O)(=O)c2ccc(CCCCCCCCCCCCCCCCCC(=O)O)cc2)nc1. The highest BCUT2D eigenvalue weighted by Gasteiger charge is 2.15. The Hall–Kier alpha value is -2.94. The molecule has 0 spiro atoms. The predicted octanol–water partition coefficient (Wildman–Crippen LogP) is 6.85. The van der Waals surface area contributed by atoms with E-state index in [-0.39, 0.29) is 16.3 Å². The summed E-state index contributed by atoms with van der Waals surface area (Å²) in [7, 11) is -3.76. The first-order valence-electron chi connectivity index (χ1n) is 14.4. The van der Waals surface area contributed by atoms with Gasteiger partial charge < -0.3 is 10.8 Å². The number of nitrogens with two attached hydrogens (primary N) is 1. The van der Waals surface area contributed by atoms with Gasteiger partial charge in [0.1, 0.15) is 5.82 Å². The molecule has 0 bridgehead atoms. The molecule has 4 N–H and O–H groups in total. The van der Waals surface area contributed by atoms with Crippen LogP contribution in [0.4, 0.5) is 5.82 Å². The van der Waals surface area contributed by atoms with E-state index in [9.17, 15) is 18.0 Å². The van der Waals surface area contributed by atoms with E-state index in [2.05, 4.69) is 9.71 Å². The van der Waals surface area contributed by atoms with Crippen LogP contribution in [-0.2, 0) is 21.2 Å². The summed E-state index contributed by atoms with van der Waals surface area (Å²) in [5.74, 6) is -1.18. The zero-order chi connectivity index (χ0) is 28.3. The molecule has 0 radical (unpaired) electrons. The molecular weight excluding hydrogens is 514 g/mol. The number of carboxylic acids is 1. The summed E-state index contributed by atoms with van der Waals surface area (Å²) < 4.78 is 27.6. The lowest BCUT2D eigenvalue weighted by Gasteiger charge is -2.09. The fraction of sp³-hybridized carbons (Fsp3) is 0.567. The van der Waals surface area contributed by atoms with Crippen LogP contribution in [0.25, 0.3) is 0 Å². The zero-order valence-electron chi connectivity index (χ0n) is 23.1. The van der Waals surface area contributed by atoms with Crippen molar-refractivity contribution in [2.45, 2.75) is 114 Å². The van der Waals surface area contributed by atoms with Crippen molar-refractivity contribution < 1.29 is 23.1 Å².